The Balaban J connectivity index is 1.61. The van der Waals surface area contributed by atoms with E-state index in [2.05, 4.69) is 15.3 Å². The first-order chi connectivity index (χ1) is 14.8. The molecule has 0 radical (unpaired) electrons. The Labute approximate surface area is 177 Å². The third-order valence-electron chi connectivity index (χ3n) is 5.29. The first kappa shape index (κ1) is 20.7. The van der Waals surface area contributed by atoms with Crippen molar-refractivity contribution in [1.29, 1.82) is 0 Å². The molecule has 7 heteroatoms. The zero-order chi connectivity index (χ0) is 22.0. The van der Waals surface area contributed by atoms with Crippen LogP contribution in [0.25, 0.3) is 10.9 Å². The van der Waals surface area contributed by atoms with Crippen molar-refractivity contribution >= 4 is 16.8 Å². The molecule has 2 heterocycles. The molecule has 4 rings (SSSR count). The summed E-state index contributed by atoms with van der Waals surface area (Å²) in [5.41, 5.74) is 2.20. The highest BCUT2D eigenvalue weighted by Gasteiger charge is 2.33. The van der Waals surface area contributed by atoms with Crippen LogP contribution < -0.4 is 5.32 Å². The molecule has 0 saturated carbocycles. The van der Waals surface area contributed by atoms with Crippen molar-refractivity contribution in [3.63, 3.8) is 0 Å². The molecular weight excluding hydrogens is 403 g/mol. The van der Waals surface area contributed by atoms with Crippen LogP contribution in [0.5, 0.6) is 0 Å². The lowest BCUT2D eigenvalue weighted by molar-refractivity contribution is -0.141. The van der Waals surface area contributed by atoms with E-state index in [1.54, 1.807) is 0 Å². The molecule has 4 aromatic rings. The number of alkyl halides is 3. The number of aromatic amines is 1. The van der Waals surface area contributed by atoms with Crippen LogP contribution in [0.1, 0.15) is 38.8 Å². The van der Waals surface area contributed by atoms with Gasteiger partial charge in [-0.05, 0) is 36.2 Å². The average Bonchev–Trinajstić information content (AvgIpc) is 3.18. The number of halogens is 3. The number of carbonyl (C=O) groups is 1. The lowest BCUT2D eigenvalue weighted by atomic mass is 9.91. The Bertz CT molecular complexity index is 1220. The number of amides is 1. The first-order valence-electron chi connectivity index (χ1n) is 9.78. The van der Waals surface area contributed by atoms with Crippen LogP contribution in [0.3, 0.4) is 0 Å². The molecule has 2 aromatic carbocycles. The van der Waals surface area contributed by atoms with Gasteiger partial charge in [0.2, 0.25) is 0 Å². The van der Waals surface area contributed by atoms with Gasteiger partial charge in [-0.3, -0.25) is 4.79 Å². The minimum atomic E-state index is -4.55. The number of aryl methyl sites for hydroxylation is 1. The summed E-state index contributed by atoms with van der Waals surface area (Å²) >= 11 is 0. The van der Waals surface area contributed by atoms with Crippen LogP contribution in [0, 0.1) is 6.92 Å². The third kappa shape index (κ3) is 4.30. The van der Waals surface area contributed by atoms with Crippen molar-refractivity contribution in [2.45, 2.75) is 19.0 Å². The number of para-hydroxylation sites is 1. The molecule has 0 aliphatic carbocycles. The van der Waals surface area contributed by atoms with Gasteiger partial charge in [-0.1, -0.05) is 48.5 Å². The van der Waals surface area contributed by atoms with Crippen LogP contribution in [0.4, 0.5) is 13.2 Å². The van der Waals surface area contributed by atoms with Gasteiger partial charge in [-0.15, -0.1) is 0 Å². The summed E-state index contributed by atoms with van der Waals surface area (Å²) in [5.74, 6) is -0.594. The van der Waals surface area contributed by atoms with Crippen molar-refractivity contribution in [3.8, 4) is 0 Å². The van der Waals surface area contributed by atoms with E-state index in [-0.39, 0.29) is 23.7 Å². The van der Waals surface area contributed by atoms with Gasteiger partial charge in [-0.25, -0.2) is 4.98 Å². The number of aromatic nitrogens is 2. The fraction of sp³-hybridized carbons (Fsp3) is 0.167. The molecule has 0 spiro atoms. The van der Waals surface area contributed by atoms with Gasteiger partial charge in [-0.2, -0.15) is 13.2 Å². The van der Waals surface area contributed by atoms with Gasteiger partial charge in [0.05, 0.1) is 11.3 Å². The number of hydrogen-bond acceptors (Lipinski definition) is 2. The molecule has 1 atom stereocenters. The number of fused-ring (bicyclic) bond motifs is 1. The number of hydrogen-bond donors (Lipinski definition) is 2. The number of benzene rings is 2. The molecule has 0 aliphatic heterocycles. The van der Waals surface area contributed by atoms with Crippen molar-refractivity contribution in [1.82, 2.24) is 15.3 Å². The van der Waals surface area contributed by atoms with E-state index >= 15 is 0 Å². The lowest BCUT2D eigenvalue weighted by Gasteiger charge is -2.19. The maximum Gasteiger partial charge on any atom is 0.433 e. The van der Waals surface area contributed by atoms with E-state index in [1.165, 1.54) is 13.0 Å². The van der Waals surface area contributed by atoms with Gasteiger partial charge in [0.1, 0.15) is 5.69 Å². The number of carbonyl (C=O) groups excluding carboxylic acids is 1. The molecule has 0 saturated heterocycles. The lowest BCUT2D eigenvalue weighted by Crippen LogP contribution is -2.29. The average molecular weight is 423 g/mol. The predicted molar refractivity (Wildman–Crippen MR) is 113 cm³/mol. The monoisotopic (exact) mass is 423 g/mol. The molecule has 2 aromatic heterocycles. The van der Waals surface area contributed by atoms with E-state index in [1.807, 2.05) is 60.8 Å². The Morgan fingerprint density at radius 1 is 1.03 bits per heavy atom. The van der Waals surface area contributed by atoms with Gasteiger partial charge >= 0.3 is 6.18 Å². The van der Waals surface area contributed by atoms with Gasteiger partial charge in [0, 0.05) is 29.6 Å². The molecule has 0 aliphatic rings. The molecule has 2 N–H and O–H groups in total. The van der Waals surface area contributed by atoms with Gasteiger partial charge in [0.15, 0.2) is 0 Å². The molecule has 4 nitrogen and oxygen atoms in total. The van der Waals surface area contributed by atoms with Crippen LogP contribution in [0.15, 0.2) is 72.9 Å². The van der Waals surface area contributed by atoms with Gasteiger partial charge in [0.25, 0.3) is 5.91 Å². The molecule has 31 heavy (non-hydrogen) atoms. The van der Waals surface area contributed by atoms with E-state index in [0.717, 1.165) is 28.1 Å². The number of rotatable bonds is 5. The van der Waals surface area contributed by atoms with Crippen LogP contribution in [0.2, 0.25) is 0 Å². The summed E-state index contributed by atoms with van der Waals surface area (Å²) in [4.78, 5) is 19.6. The summed E-state index contributed by atoms with van der Waals surface area (Å²) in [6.45, 7) is 1.68. The highest BCUT2D eigenvalue weighted by atomic mass is 19.4. The highest BCUT2D eigenvalue weighted by molar-refractivity contribution is 5.95. The normalized spacial score (nSPS) is 12.6. The predicted octanol–water partition coefficient (Wildman–Crippen LogP) is 5.45. The highest BCUT2D eigenvalue weighted by Crippen LogP contribution is 2.31. The Kier molecular flexibility index (Phi) is 5.50. The molecule has 0 fully saturated rings. The molecule has 0 bridgehead atoms. The SMILES string of the molecule is Cc1nc(C(F)(F)F)ccc1C(=O)NC[C@H](c1ccccc1)c1c[nH]c2ccccc12. The Hall–Kier alpha value is -3.61. The number of nitrogens with one attached hydrogen (secondary N) is 2. The summed E-state index contributed by atoms with van der Waals surface area (Å²) in [7, 11) is 0. The van der Waals surface area contributed by atoms with E-state index in [4.69, 9.17) is 0 Å². The third-order valence-corrected chi connectivity index (χ3v) is 5.29. The number of nitrogens with zero attached hydrogens (tertiary/aromatic N) is 1. The number of pyridine rings is 1. The Morgan fingerprint density at radius 3 is 2.45 bits per heavy atom. The fourth-order valence-electron chi connectivity index (χ4n) is 3.72. The van der Waals surface area contributed by atoms with Crippen LogP contribution >= 0.6 is 0 Å². The topological polar surface area (TPSA) is 57.8 Å². The summed E-state index contributed by atoms with van der Waals surface area (Å²) in [5, 5.41) is 3.93. The first-order valence-corrected chi connectivity index (χ1v) is 9.78. The minimum absolute atomic E-state index is 0.0377. The van der Waals surface area contributed by atoms with E-state index in [0.29, 0.717) is 0 Å². The summed E-state index contributed by atoms with van der Waals surface area (Å²) in [6.07, 6.45) is -2.62. The summed E-state index contributed by atoms with van der Waals surface area (Å²) in [6, 6.07) is 19.7. The largest absolute Gasteiger partial charge is 0.433 e. The minimum Gasteiger partial charge on any atom is -0.361 e. The second kappa shape index (κ2) is 8.26. The molecular formula is C24H20F3N3O. The van der Waals surface area contributed by atoms with Gasteiger partial charge < -0.3 is 10.3 Å². The van der Waals surface area contributed by atoms with Crippen molar-refractivity contribution in [2.24, 2.45) is 0 Å². The van der Waals surface area contributed by atoms with Crippen molar-refractivity contribution < 1.29 is 18.0 Å². The summed E-state index contributed by atoms with van der Waals surface area (Å²) < 4.78 is 38.6. The second-order valence-electron chi connectivity index (χ2n) is 7.29. The van der Waals surface area contributed by atoms with E-state index in [9.17, 15) is 18.0 Å². The smallest absolute Gasteiger partial charge is 0.361 e. The Morgan fingerprint density at radius 2 is 1.74 bits per heavy atom. The second-order valence-corrected chi connectivity index (χ2v) is 7.29. The van der Waals surface area contributed by atoms with Crippen LogP contribution in [-0.4, -0.2) is 22.4 Å². The number of H-pyrrole nitrogens is 1. The van der Waals surface area contributed by atoms with Crippen LogP contribution in [-0.2, 0) is 6.18 Å². The van der Waals surface area contributed by atoms with E-state index < -0.39 is 17.8 Å². The maximum absolute atomic E-state index is 12.9. The molecule has 158 valence electrons. The van der Waals surface area contributed by atoms with Crippen molar-refractivity contribution in [3.05, 3.63) is 101 Å². The zero-order valence-electron chi connectivity index (χ0n) is 16.7. The standard InChI is InChI=1S/C24H20F3N3O/c1-15-17(11-12-22(30-15)24(25,26)27)23(31)29-13-19(16-7-3-2-4-8-16)20-14-28-21-10-6-5-9-18(20)21/h2-12,14,19,28H,13H2,1H3,(H,29,31)/t19-/m1/s1. The fourth-order valence-corrected chi connectivity index (χ4v) is 3.72. The molecule has 1 amide bonds. The maximum atomic E-state index is 12.9. The molecule has 0 unspecified atom stereocenters. The van der Waals surface area contributed by atoms with Crippen molar-refractivity contribution in [2.75, 3.05) is 6.54 Å². The quantitative estimate of drug-likeness (QED) is 0.448. The zero-order valence-corrected chi connectivity index (χ0v) is 16.7.